The molecule has 0 heterocycles. The summed E-state index contributed by atoms with van der Waals surface area (Å²) in [6.45, 7) is 6.83. The third-order valence-electron chi connectivity index (χ3n) is 4.72. The van der Waals surface area contributed by atoms with Crippen molar-refractivity contribution >= 4 is 7.60 Å². The van der Waals surface area contributed by atoms with E-state index in [-0.39, 0.29) is 6.16 Å². The van der Waals surface area contributed by atoms with E-state index in [1.54, 1.807) is 0 Å². The van der Waals surface area contributed by atoms with E-state index in [9.17, 15) is 4.57 Å². The lowest BCUT2D eigenvalue weighted by Gasteiger charge is -2.32. The quantitative estimate of drug-likeness (QED) is 0.349. The van der Waals surface area contributed by atoms with E-state index in [1.807, 2.05) is 0 Å². The van der Waals surface area contributed by atoms with E-state index < -0.39 is 7.60 Å². The lowest BCUT2D eigenvalue weighted by atomic mass is 9.74. The molecule has 122 valence electrons. The first kappa shape index (κ1) is 20.1. The summed E-state index contributed by atoms with van der Waals surface area (Å²) in [6.07, 6.45) is 13.1. The zero-order valence-electron chi connectivity index (χ0n) is 13.7. The van der Waals surface area contributed by atoms with Crippen molar-refractivity contribution in [3.63, 3.8) is 0 Å². The maximum Gasteiger partial charge on any atom is 0.325 e. The molecule has 0 atom stereocenters. The second kappa shape index (κ2) is 10.8. The van der Waals surface area contributed by atoms with Gasteiger partial charge in [-0.1, -0.05) is 72.1 Å². The van der Waals surface area contributed by atoms with Crippen LogP contribution in [0.5, 0.6) is 0 Å². The van der Waals surface area contributed by atoms with Gasteiger partial charge in [0.25, 0.3) is 0 Å². The summed E-state index contributed by atoms with van der Waals surface area (Å²) in [4.78, 5) is 17.7. The molecule has 20 heavy (non-hydrogen) atoms. The summed E-state index contributed by atoms with van der Waals surface area (Å²) < 4.78 is 10.8. The molecule has 0 rings (SSSR count). The molecule has 0 aromatic rings. The van der Waals surface area contributed by atoms with Crippen molar-refractivity contribution in [2.75, 3.05) is 6.16 Å². The third-order valence-corrected chi connectivity index (χ3v) is 5.62. The SMILES string of the molecule is CCCCCCC(CC)(CC)CCCCCP(=O)(O)O. The maximum atomic E-state index is 10.8. The molecule has 0 saturated heterocycles. The molecule has 0 aliphatic rings. The van der Waals surface area contributed by atoms with Crippen molar-refractivity contribution in [2.45, 2.75) is 91.4 Å². The Hall–Kier alpha value is 0.150. The largest absolute Gasteiger partial charge is 0.325 e. The van der Waals surface area contributed by atoms with E-state index in [1.165, 1.54) is 51.4 Å². The Kier molecular flexibility index (Phi) is 10.9. The van der Waals surface area contributed by atoms with Gasteiger partial charge in [-0.05, 0) is 24.7 Å². The Morgan fingerprint density at radius 2 is 1.30 bits per heavy atom. The predicted octanol–water partition coefficient (Wildman–Crippen LogP) is 5.50. The highest BCUT2D eigenvalue weighted by molar-refractivity contribution is 7.51. The first-order chi connectivity index (χ1) is 9.39. The van der Waals surface area contributed by atoms with Gasteiger partial charge in [0.05, 0.1) is 0 Å². The smallest absolute Gasteiger partial charge is 0.324 e. The standard InChI is InChI=1S/C16H35O3P/c1-4-7-8-10-13-16(5-2,6-3)14-11-9-12-15-20(17,18)19/h4-15H2,1-3H3,(H2,17,18,19). The topological polar surface area (TPSA) is 57.5 Å². The summed E-state index contributed by atoms with van der Waals surface area (Å²) in [7, 11) is -3.79. The monoisotopic (exact) mass is 306 g/mol. The van der Waals surface area contributed by atoms with Crippen LogP contribution in [0.2, 0.25) is 0 Å². The lowest BCUT2D eigenvalue weighted by Crippen LogP contribution is -2.19. The zero-order valence-corrected chi connectivity index (χ0v) is 14.6. The van der Waals surface area contributed by atoms with Crippen molar-refractivity contribution in [1.29, 1.82) is 0 Å². The number of hydrogen-bond donors (Lipinski definition) is 2. The summed E-state index contributed by atoms with van der Waals surface area (Å²) >= 11 is 0. The molecule has 2 N–H and O–H groups in total. The maximum absolute atomic E-state index is 10.8. The van der Waals surface area contributed by atoms with E-state index in [4.69, 9.17) is 9.79 Å². The van der Waals surface area contributed by atoms with Crippen molar-refractivity contribution in [2.24, 2.45) is 5.41 Å². The second-order valence-electron chi connectivity index (χ2n) is 6.22. The minimum atomic E-state index is -3.79. The van der Waals surface area contributed by atoms with Crippen LogP contribution in [0.1, 0.15) is 91.4 Å². The Labute approximate surface area is 125 Å². The zero-order chi connectivity index (χ0) is 15.5. The van der Waals surface area contributed by atoms with E-state index in [2.05, 4.69) is 20.8 Å². The van der Waals surface area contributed by atoms with Crippen LogP contribution in [-0.2, 0) is 4.57 Å². The fraction of sp³-hybridized carbons (Fsp3) is 1.00. The first-order valence-electron chi connectivity index (χ1n) is 8.43. The molecule has 0 aromatic carbocycles. The van der Waals surface area contributed by atoms with Crippen LogP contribution in [0.25, 0.3) is 0 Å². The van der Waals surface area contributed by atoms with Gasteiger partial charge in [0.2, 0.25) is 0 Å². The fourth-order valence-corrected chi connectivity index (χ4v) is 3.64. The van der Waals surface area contributed by atoms with Crippen LogP contribution in [0.15, 0.2) is 0 Å². The van der Waals surface area contributed by atoms with Crippen LogP contribution >= 0.6 is 7.60 Å². The van der Waals surface area contributed by atoms with Gasteiger partial charge in [0.15, 0.2) is 0 Å². The van der Waals surface area contributed by atoms with Crippen LogP contribution in [0.3, 0.4) is 0 Å². The number of unbranched alkanes of at least 4 members (excludes halogenated alkanes) is 5. The van der Waals surface area contributed by atoms with Gasteiger partial charge >= 0.3 is 7.60 Å². The first-order valence-corrected chi connectivity index (χ1v) is 10.2. The Bertz CT molecular complexity index is 269. The molecule has 0 saturated carbocycles. The minimum absolute atomic E-state index is 0.0503. The molecular weight excluding hydrogens is 271 g/mol. The number of hydrogen-bond acceptors (Lipinski definition) is 1. The Morgan fingerprint density at radius 1 is 0.800 bits per heavy atom. The Morgan fingerprint density at radius 3 is 1.70 bits per heavy atom. The summed E-state index contributed by atoms with van der Waals surface area (Å²) in [5.41, 5.74) is 0.468. The molecule has 4 heteroatoms. The third kappa shape index (κ3) is 9.96. The molecule has 0 aromatic heterocycles. The average molecular weight is 306 g/mol. The summed E-state index contributed by atoms with van der Waals surface area (Å²) in [6, 6.07) is 0. The molecule has 3 nitrogen and oxygen atoms in total. The molecule has 0 bridgehead atoms. The van der Waals surface area contributed by atoms with Crippen LogP contribution < -0.4 is 0 Å². The highest BCUT2D eigenvalue weighted by atomic mass is 31.2. The van der Waals surface area contributed by atoms with Gasteiger partial charge in [-0.15, -0.1) is 0 Å². The fourth-order valence-electron chi connectivity index (χ4n) is 3.00. The summed E-state index contributed by atoms with van der Waals surface area (Å²) in [5.74, 6) is 0. The predicted molar refractivity (Wildman–Crippen MR) is 87.2 cm³/mol. The molecular formula is C16H35O3P. The average Bonchev–Trinajstić information content (AvgIpc) is 2.40. The summed E-state index contributed by atoms with van der Waals surface area (Å²) in [5, 5.41) is 0. The van der Waals surface area contributed by atoms with Crippen molar-refractivity contribution in [3.8, 4) is 0 Å². The van der Waals surface area contributed by atoms with Gasteiger partial charge in [0.1, 0.15) is 0 Å². The van der Waals surface area contributed by atoms with Gasteiger partial charge in [-0.2, -0.15) is 0 Å². The molecule has 0 aliphatic heterocycles. The van der Waals surface area contributed by atoms with Crippen molar-refractivity contribution in [3.05, 3.63) is 0 Å². The van der Waals surface area contributed by atoms with E-state index in [0.717, 1.165) is 12.8 Å². The van der Waals surface area contributed by atoms with Gasteiger partial charge in [-0.3, -0.25) is 4.57 Å². The minimum Gasteiger partial charge on any atom is -0.324 e. The van der Waals surface area contributed by atoms with Crippen LogP contribution in [0, 0.1) is 5.41 Å². The van der Waals surface area contributed by atoms with Crippen LogP contribution in [0.4, 0.5) is 0 Å². The molecule has 0 fully saturated rings. The van der Waals surface area contributed by atoms with Gasteiger partial charge < -0.3 is 9.79 Å². The van der Waals surface area contributed by atoms with Crippen molar-refractivity contribution < 1.29 is 14.4 Å². The second-order valence-corrected chi connectivity index (χ2v) is 7.99. The van der Waals surface area contributed by atoms with E-state index >= 15 is 0 Å². The molecule has 0 radical (unpaired) electrons. The molecule has 0 aliphatic carbocycles. The normalized spacial score (nSPS) is 12.8. The van der Waals surface area contributed by atoms with Gasteiger partial charge in [0, 0.05) is 6.16 Å². The molecule has 0 unspecified atom stereocenters. The Balaban J connectivity index is 3.96. The highest BCUT2D eigenvalue weighted by Crippen LogP contribution is 2.39. The van der Waals surface area contributed by atoms with Crippen LogP contribution in [-0.4, -0.2) is 15.9 Å². The van der Waals surface area contributed by atoms with E-state index in [0.29, 0.717) is 11.8 Å². The number of rotatable bonds is 13. The highest BCUT2D eigenvalue weighted by Gasteiger charge is 2.24. The van der Waals surface area contributed by atoms with Crippen molar-refractivity contribution in [1.82, 2.24) is 0 Å². The lowest BCUT2D eigenvalue weighted by molar-refractivity contribution is 0.203. The van der Waals surface area contributed by atoms with Gasteiger partial charge in [-0.25, -0.2) is 0 Å². The molecule has 0 spiro atoms. The molecule has 0 amide bonds.